The van der Waals surface area contributed by atoms with E-state index in [0.717, 1.165) is 54.1 Å². The molecule has 1 aliphatic heterocycles. The van der Waals surface area contributed by atoms with Crippen molar-refractivity contribution in [1.29, 1.82) is 0 Å². The van der Waals surface area contributed by atoms with Crippen molar-refractivity contribution in [2.75, 3.05) is 13.7 Å². The number of furan rings is 1. The minimum absolute atomic E-state index is 0.783. The fourth-order valence-corrected chi connectivity index (χ4v) is 4.03. The minimum atomic E-state index is 0.783. The van der Waals surface area contributed by atoms with Crippen LogP contribution in [-0.2, 0) is 19.5 Å². The summed E-state index contributed by atoms with van der Waals surface area (Å²) in [5, 5.41) is 1.07. The Kier molecular flexibility index (Phi) is 4.34. The van der Waals surface area contributed by atoms with Gasteiger partial charge in [-0.3, -0.25) is 9.88 Å². The summed E-state index contributed by atoms with van der Waals surface area (Å²) in [6.45, 7) is 2.96. The van der Waals surface area contributed by atoms with Crippen molar-refractivity contribution < 1.29 is 9.15 Å². The molecule has 2 aromatic heterocycles. The van der Waals surface area contributed by atoms with Gasteiger partial charge in [-0.2, -0.15) is 0 Å². The largest absolute Gasteiger partial charge is 0.493 e. The van der Waals surface area contributed by atoms with Gasteiger partial charge in [0, 0.05) is 43.0 Å². The molecule has 0 amide bonds. The van der Waals surface area contributed by atoms with Crippen LogP contribution in [0.4, 0.5) is 0 Å². The van der Waals surface area contributed by atoms with Gasteiger partial charge in [0.15, 0.2) is 11.3 Å². The van der Waals surface area contributed by atoms with E-state index in [2.05, 4.69) is 52.3 Å². The molecule has 0 atom stereocenters. The highest BCUT2D eigenvalue weighted by Crippen LogP contribution is 2.35. The lowest BCUT2D eigenvalue weighted by atomic mass is 9.99. The standard InChI is InChI=1S/C24H22N2O2/c1-27-23-13-17(15-26-11-8-18-4-2-3-5-20(18)16-26)12-21-14-22(28-24(21)23)19-6-9-25-10-7-19/h2-7,9-10,12-14H,8,11,15-16H2,1H3. The maximum Gasteiger partial charge on any atom is 0.176 e. The Morgan fingerprint density at radius 2 is 1.86 bits per heavy atom. The van der Waals surface area contributed by atoms with E-state index in [9.17, 15) is 0 Å². The first kappa shape index (κ1) is 17.0. The van der Waals surface area contributed by atoms with E-state index < -0.39 is 0 Å². The molecule has 0 aliphatic carbocycles. The third-order valence-corrected chi connectivity index (χ3v) is 5.44. The van der Waals surface area contributed by atoms with E-state index in [1.807, 2.05) is 12.1 Å². The van der Waals surface area contributed by atoms with Gasteiger partial charge in [0.1, 0.15) is 5.76 Å². The SMILES string of the molecule is COc1cc(CN2CCc3ccccc3C2)cc2cc(-c3ccncc3)oc12. The van der Waals surface area contributed by atoms with Crippen LogP contribution in [-0.4, -0.2) is 23.5 Å². The molecule has 4 heteroatoms. The molecule has 0 saturated carbocycles. The quantitative estimate of drug-likeness (QED) is 0.503. The van der Waals surface area contributed by atoms with Crippen LogP contribution >= 0.6 is 0 Å². The molecule has 0 saturated heterocycles. The summed E-state index contributed by atoms with van der Waals surface area (Å²) in [6.07, 6.45) is 4.66. The lowest BCUT2D eigenvalue weighted by Gasteiger charge is -2.28. The van der Waals surface area contributed by atoms with Crippen molar-refractivity contribution in [2.24, 2.45) is 0 Å². The topological polar surface area (TPSA) is 38.5 Å². The highest BCUT2D eigenvalue weighted by atomic mass is 16.5. The van der Waals surface area contributed by atoms with Gasteiger partial charge in [0.25, 0.3) is 0 Å². The monoisotopic (exact) mass is 370 g/mol. The summed E-state index contributed by atoms with van der Waals surface area (Å²) >= 11 is 0. The second-order valence-corrected chi connectivity index (χ2v) is 7.29. The maximum absolute atomic E-state index is 6.10. The second kappa shape index (κ2) is 7.13. The van der Waals surface area contributed by atoms with Crippen LogP contribution in [0.5, 0.6) is 5.75 Å². The Balaban J connectivity index is 1.45. The zero-order valence-electron chi connectivity index (χ0n) is 15.9. The molecule has 0 unspecified atom stereocenters. The van der Waals surface area contributed by atoms with Gasteiger partial charge in [-0.15, -0.1) is 0 Å². The maximum atomic E-state index is 6.10. The van der Waals surface area contributed by atoms with E-state index in [1.54, 1.807) is 19.5 Å². The molecule has 1 aliphatic rings. The Hall–Kier alpha value is -3.11. The molecule has 0 fully saturated rings. The molecule has 0 spiro atoms. The van der Waals surface area contributed by atoms with Crippen molar-refractivity contribution in [3.05, 3.63) is 83.7 Å². The summed E-state index contributed by atoms with van der Waals surface area (Å²) in [4.78, 5) is 6.57. The van der Waals surface area contributed by atoms with Gasteiger partial charge in [-0.25, -0.2) is 0 Å². The number of methoxy groups -OCH3 is 1. The summed E-state index contributed by atoms with van der Waals surface area (Å²) in [5.74, 6) is 1.62. The number of fused-ring (bicyclic) bond motifs is 2. The molecule has 0 N–H and O–H groups in total. The lowest BCUT2D eigenvalue weighted by Crippen LogP contribution is -2.29. The van der Waals surface area contributed by atoms with Gasteiger partial charge in [-0.05, 0) is 53.4 Å². The molecule has 2 aromatic carbocycles. The Morgan fingerprint density at radius 1 is 1.04 bits per heavy atom. The number of hydrogen-bond acceptors (Lipinski definition) is 4. The van der Waals surface area contributed by atoms with E-state index >= 15 is 0 Å². The average molecular weight is 370 g/mol. The van der Waals surface area contributed by atoms with Crippen LogP contribution in [0, 0.1) is 0 Å². The van der Waals surface area contributed by atoms with Gasteiger partial charge >= 0.3 is 0 Å². The number of aromatic nitrogens is 1. The predicted octanol–water partition coefficient (Wildman–Crippen LogP) is 5.06. The Bertz CT molecular complexity index is 1120. The zero-order chi connectivity index (χ0) is 18.9. The Labute approximate surface area is 164 Å². The van der Waals surface area contributed by atoms with Crippen LogP contribution in [0.1, 0.15) is 16.7 Å². The van der Waals surface area contributed by atoms with Gasteiger partial charge in [0.2, 0.25) is 0 Å². The first-order valence-corrected chi connectivity index (χ1v) is 9.60. The highest BCUT2D eigenvalue weighted by Gasteiger charge is 2.18. The van der Waals surface area contributed by atoms with Crippen LogP contribution in [0.3, 0.4) is 0 Å². The molecule has 140 valence electrons. The van der Waals surface area contributed by atoms with Crippen LogP contribution in [0.15, 0.2) is 71.4 Å². The second-order valence-electron chi connectivity index (χ2n) is 7.29. The van der Waals surface area contributed by atoms with Gasteiger partial charge in [-0.1, -0.05) is 24.3 Å². The van der Waals surface area contributed by atoms with Crippen molar-refractivity contribution in [3.8, 4) is 17.1 Å². The average Bonchev–Trinajstić information content (AvgIpc) is 3.18. The van der Waals surface area contributed by atoms with Crippen molar-refractivity contribution in [2.45, 2.75) is 19.5 Å². The summed E-state index contributed by atoms with van der Waals surface area (Å²) in [5.41, 5.74) is 5.96. The molecule has 0 radical (unpaired) electrons. The molecular weight excluding hydrogens is 348 g/mol. The zero-order valence-corrected chi connectivity index (χ0v) is 15.9. The molecule has 28 heavy (non-hydrogen) atoms. The minimum Gasteiger partial charge on any atom is -0.493 e. The normalized spacial score (nSPS) is 14.2. The number of benzene rings is 2. The Morgan fingerprint density at radius 3 is 2.68 bits per heavy atom. The molecule has 0 bridgehead atoms. The third kappa shape index (κ3) is 3.16. The first-order chi connectivity index (χ1) is 13.8. The molecule has 5 rings (SSSR count). The van der Waals surface area contributed by atoms with Gasteiger partial charge in [0.05, 0.1) is 7.11 Å². The first-order valence-electron chi connectivity index (χ1n) is 9.60. The number of rotatable bonds is 4. The lowest BCUT2D eigenvalue weighted by molar-refractivity contribution is 0.245. The van der Waals surface area contributed by atoms with Crippen LogP contribution in [0.2, 0.25) is 0 Å². The van der Waals surface area contributed by atoms with Crippen molar-refractivity contribution in [3.63, 3.8) is 0 Å². The molecule has 3 heterocycles. The van der Waals surface area contributed by atoms with E-state index in [1.165, 1.54) is 16.7 Å². The van der Waals surface area contributed by atoms with E-state index in [0.29, 0.717) is 0 Å². The highest BCUT2D eigenvalue weighted by molar-refractivity contribution is 5.88. The van der Waals surface area contributed by atoms with Crippen LogP contribution in [0.25, 0.3) is 22.3 Å². The van der Waals surface area contributed by atoms with Crippen molar-refractivity contribution >= 4 is 11.0 Å². The van der Waals surface area contributed by atoms with E-state index in [4.69, 9.17) is 9.15 Å². The molecule has 4 aromatic rings. The fourth-order valence-electron chi connectivity index (χ4n) is 4.03. The molecule has 4 nitrogen and oxygen atoms in total. The number of pyridine rings is 1. The predicted molar refractivity (Wildman–Crippen MR) is 110 cm³/mol. The van der Waals surface area contributed by atoms with Gasteiger partial charge < -0.3 is 9.15 Å². The van der Waals surface area contributed by atoms with E-state index in [-0.39, 0.29) is 0 Å². The third-order valence-electron chi connectivity index (χ3n) is 5.44. The van der Waals surface area contributed by atoms with Crippen LogP contribution < -0.4 is 4.74 Å². The fraction of sp³-hybridized carbons (Fsp3) is 0.208. The number of hydrogen-bond donors (Lipinski definition) is 0. The molecular formula is C24H22N2O2. The number of nitrogens with zero attached hydrogens (tertiary/aromatic N) is 2. The summed E-state index contributed by atoms with van der Waals surface area (Å²) < 4.78 is 11.7. The number of ether oxygens (including phenoxy) is 1. The van der Waals surface area contributed by atoms with Crippen molar-refractivity contribution in [1.82, 2.24) is 9.88 Å². The smallest absolute Gasteiger partial charge is 0.176 e. The summed E-state index contributed by atoms with van der Waals surface area (Å²) in [6, 6.07) is 19.1. The summed E-state index contributed by atoms with van der Waals surface area (Å²) in [7, 11) is 1.70.